The number of nitrogens with one attached hydrogen (secondary N) is 3. The molecule has 3 amide bonds. The number of aromatic nitrogens is 2. The number of nitrogens with zero attached hydrogens (tertiary/aromatic N) is 2. The minimum Gasteiger partial charge on any atom is -0.363 e. The Labute approximate surface area is 197 Å². The summed E-state index contributed by atoms with van der Waals surface area (Å²) in [7, 11) is 1.87. The zero-order chi connectivity index (χ0) is 24.1. The maximum absolute atomic E-state index is 13.1. The maximum atomic E-state index is 13.1. The molecule has 0 bridgehead atoms. The lowest BCUT2D eigenvalue weighted by Gasteiger charge is -2.17. The lowest BCUT2D eigenvalue weighted by molar-refractivity contribution is -0.129. The number of ether oxygens (including phenoxy) is 1. The minimum atomic E-state index is -0.476. The average Bonchev–Trinajstić information content (AvgIpc) is 3.61. The molecule has 176 valence electrons. The Morgan fingerprint density at radius 1 is 1.12 bits per heavy atom. The molecule has 2 heterocycles. The summed E-state index contributed by atoms with van der Waals surface area (Å²) in [6.45, 7) is 2.30. The zero-order valence-electron chi connectivity index (χ0n) is 19.1. The molecule has 1 aliphatic heterocycles. The van der Waals surface area contributed by atoms with Gasteiger partial charge in [0.15, 0.2) is 6.10 Å². The predicted molar refractivity (Wildman–Crippen MR) is 125 cm³/mol. The molecular formula is C25H27N5O4. The van der Waals surface area contributed by atoms with Crippen molar-refractivity contribution in [1.29, 1.82) is 0 Å². The normalized spacial score (nSPS) is 15.3. The highest BCUT2D eigenvalue weighted by Gasteiger charge is 2.31. The monoisotopic (exact) mass is 461 g/mol. The highest BCUT2D eigenvalue weighted by molar-refractivity contribution is 5.96. The van der Waals surface area contributed by atoms with Crippen LogP contribution < -0.4 is 16.2 Å². The fourth-order valence-corrected chi connectivity index (χ4v) is 3.58. The second-order valence-corrected chi connectivity index (χ2v) is 8.21. The van der Waals surface area contributed by atoms with Crippen LogP contribution in [0.25, 0.3) is 11.3 Å². The summed E-state index contributed by atoms with van der Waals surface area (Å²) < 4.78 is 6.61. The third kappa shape index (κ3) is 5.87. The summed E-state index contributed by atoms with van der Waals surface area (Å²) in [6.07, 6.45) is 1.89. The summed E-state index contributed by atoms with van der Waals surface area (Å²) in [5.41, 5.74) is 8.77. The van der Waals surface area contributed by atoms with Gasteiger partial charge in [-0.25, -0.2) is 0 Å². The molecular weight excluding hydrogens is 434 g/mol. The molecule has 9 heteroatoms. The number of aryl methyl sites for hydroxylation is 2. The third-order valence-corrected chi connectivity index (χ3v) is 5.58. The van der Waals surface area contributed by atoms with Crippen LogP contribution in [0.15, 0.2) is 60.8 Å². The number of hydrazine groups is 1. The quantitative estimate of drug-likeness (QED) is 0.351. The van der Waals surface area contributed by atoms with E-state index in [0.717, 1.165) is 22.4 Å². The van der Waals surface area contributed by atoms with Crippen molar-refractivity contribution in [2.45, 2.75) is 31.9 Å². The van der Waals surface area contributed by atoms with Crippen LogP contribution in [0, 0.1) is 0 Å². The molecule has 3 aromatic rings. The van der Waals surface area contributed by atoms with E-state index in [1.54, 1.807) is 16.8 Å². The van der Waals surface area contributed by atoms with Crippen molar-refractivity contribution in [1.82, 2.24) is 25.9 Å². The van der Waals surface area contributed by atoms with Crippen molar-refractivity contribution < 1.29 is 19.1 Å². The molecule has 1 fully saturated rings. The van der Waals surface area contributed by atoms with Gasteiger partial charge in [0.05, 0.1) is 18.3 Å². The van der Waals surface area contributed by atoms with Crippen molar-refractivity contribution in [2.24, 2.45) is 7.05 Å². The number of amides is 3. The molecule has 0 aliphatic carbocycles. The van der Waals surface area contributed by atoms with Gasteiger partial charge < -0.3 is 10.1 Å². The van der Waals surface area contributed by atoms with Gasteiger partial charge in [-0.3, -0.25) is 29.9 Å². The molecule has 2 unspecified atom stereocenters. The van der Waals surface area contributed by atoms with Gasteiger partial charge in [0.2, 0.25) is 5.91 Å². The van der Waals surface area contributed by atoms with Gasteiger partial charge in [-0.15, -0.1) is 0 Å². The number of hydrogen-bond donors (Lipinski definition) is 3. The Balaban J connectivity index is 1.36. The van der Waals surface area contributed by atoms with Gasteiger partial charge >= 0.3 is 0 Å². The minimum absolute atomic E-state index is 0.123. The lowest BCUT2D eigenvalue weighted by Crippen LogP contribution is -2.43. The van der Waals surface area contributed by atoms with E-state index in [2.05, 4.69) is 21.3 Å². The summed E-state index contributed by atoms with van der Waals surface area (Å²) in [5, 5.41) is 7.49. The molecule has 9 nitrogen and oxygen atoms in total. The van der Waals surface area contributed by atoms with E-state index in [-0.39, 0.29) is 30.2 Å². The Bertz CT molecular complexity index is 1200. The molecule has 34 heavy (non-hydrogen) atoms. The van der Waals surface area contributed by atoms with E-state index >= 15 is 0 Å². The van der Waals surface area contributed by atoms with Crippen LogP contribution >= 0.6 is 0 Å². The number of epoxide rings is 1. The van der Waals surface area contributed by atoms with Gasteiger partial charge in [-0.2, -0.15) is 5.10 Å². The van der Waals surface area contributed by atoms with Crippen molar-refractivity contribution >= 4 is 17.7 Å². The standard InChI is InChI=1S/C25H27N5O4/c1-16(18-7-5-8-19(14-18)21-12-13-30(2)29-21)26-24(32)20-9-4-3-6-17(20)10-11-23(31)27-28-25(33)22-15-34-22/h3-9,12-14,16,22H,10-11,15H2,1-2H3,(H,26,32)(H,27,31)(H,28,33). The van der Waals surface area contributed by atoms with Crippen molar-refractivity contribution in [3.05, 3.63) is 77.5 Å². The Morgan fingerprint density at radius 2 is 1.91 bits per heavy atom. The first-order valence-corrected chi connectivity index (χ1v) is 11.1. The van der Waals surface area contributed by atoms with Gasteiger partial charge in [0, 0.05) is 30.8 Å². The number of benzene rings is 2. The Morgan fingerprint density at radius 3 is 2.65 bits per heavy atom. The van der Waals surface area contributed by atoms with Crippen LogP contribution in [0.5, 0.6) is 0 Å². The summed E-state index contributed by atoms with van der Waals surface area (Å²) >= 11 is 0. The number of carbonyl (C=O) groups excluding carboxylic acids is 3. The lowest BCUT2D eigenvalue weighted by atomic mass is 10.0. The second-order valence-electron chi connectivity index (χ2n) is 8.21. The van der Waals surface area contributed by atoms with Crippen LogP contribution in [0.1, 0.15) is 40.9 Å². The predicted octanol–water partition coefficient (Wildman–Crippen LogP) is 2.06. The zero-order valence-corrected chi connectivity index (χ0v) is 19.1. The first kappa shape index (κ1) is 23.2. The highest BCUT2D eigenvalue weighted by atomic mass is 16.6. The molecule has 0 saturated carbocycles. The first-order valence-electron chi connectivity index (χ1n) is 11.1. The maximum Gasteiger partial charge on any atom is 0.269 e. The number of hydrogen-bond acceptors (Lipinski definition) is 5. The van der Waals surface area contributed by atoms with Crippen LogP contribution in [-0.4, -0.2) is 40.2 Å². The second kappa shape index (κ2) is 10.3. The van der Waals surface area contributed by atoms with Crippen LogP contribution in [0.2, 0.25) is 0 Å². The van der Waals surface area contributed by atoms with E-state index in [9.17, 15) is 14.4 Å². The smallest absolute Gasteiger partial charge is 0.269 e. The summed E-state index contributed by atoms with van der Waals surface area (Å²) in [6, 6.07) is 16.8. The first-order chi connectivity index (χ1) is 16.4. The molecule has 1 aliphatic rings. The summed E-state index contributed by atoms with van der Waals surface area (Å²) in [4.78, 5) is 36.7. The third-order valence-electron chi connectivity index (χ3n) is 5.58. The van der Waals surface area contributed by atoms with E-state index in [4.69, 9.17) is 4.74 Å². The molecule has 2 atom stereocenters. The van der Waals surface area contributed by atoms with Crippen LogP contribution in [0.3, 0.4) is 0 Å². The van der Waals surface area contributed by atoms with E-state index in [1.807, 2.05) is 62.6 Å². The van der Waals surface area contributed by atoms with Gasteiger partial charge in [-0.1, -0.05) is 36.4 Å². The van der Waals surface area contributed by atoms with Crippen LogP contribution in [0.4, 0.5) is 0 Å². The Kier molecular flexibility index (Phi) is 7.03. The Hall–Kier alpha value is -3.98. The highest BCUT2D eigenvalue weighted by Crippen LogP contribution is 2.22. The fraction of sp³-hybridized carbons (Fsp3) is 0.280. The largest absolute Gasteiger partial charge is 0.363 e. The molecule has 1 saturated heterocycles. The molecule has 2 aromatic carbocycles. The summed E-state index contributed by atoms with van der Waals surface area (Å²) in [5.74, 6) is -0.927. The van der Waals surface area contributed by atoms with E-state index < -0.39 is 6.10 Å². The molecule has 0 radical (unpaired) electrons. The SMILES string of the molecule is CC(NC(=O)c1ccccc1CCC(=O)NNC(=O)C1CO1)c1cccc(-c2ccn(C)n2)c1. The van der Waals surface area contributed by atoms with Crippen molar-refractivity contribution in [3.8, 4) is 11.3 Å². The molecule has 4 rings (SSSR count). The van der Waals surface area contributed by atoms with Crippen molar-refractivity contribution in [2.75, 3.05) is 6.61 Å². The molecule has 3 N–H and O–H groups in total. The van der Waals surface area contributed by atoms with Gasteiger partial charge in [0.1, 0.15) is 0 Å². The topological polar surface area (TPSA) is 118 Å². The fourth-order valence-electron chi connectivity index (χ4n) is 3.58. The number of carbonyl (C=O) groups is 3. The van der Waals surface area contributed by atoms with E-state index in [1.165, 1.54) is 0 Å². The average molecular weight is 462 g/mol. The molecule has 1 aromatic heterocycles. The van der Waals surface area contributed by atoms with Gasteiger partial charge in [0.25, 0.3) is 11.8 Å². The number of rotatable bonds is 8. The van der Waals surface area contributed by atoms with Crippen molar-refractivity contribution in [3.63, 3.8) is 0 Å². The molecule has 0 spiro atoms. The van der Waals surface area contributed by atoms with Crippen LogP contribution in [-0.2, 0) is 27.8 Å². The van der Waals surface area contributed by atoms with E-state index in [0.29, 0.717) is 18.6 Å². The van der Waals surface area contributed by atoms with Gasteiger partial charge in [-0.05, 0) is 42.7 Å².